The second-order valence-corrected chi connectivity index (χ2v) is 5.08. The van der Waals surface area contributed by atoms with Crippen molar-refractivity contribution in [2.24, 2.45) is 11.7 Å². The van der Waals surface area contributed by atoms with Gasteiger partial charge in [-0.1, -0.05) is 30.3 Å². The van der Waals surface area contributed by atoms with Gasteiger partial charge in [-0.2, -0.15) is 0 Å². The molecular weight excluding hydrogens is 296 g/mol. The Labute approximate surface area is 133 Å². The number of carboxylic acid groups (broad SMARTS) is 1. The topological polar surface area (TPSA) is 133 Å². The lowest BCUT2D eigenvalue weighted by Gasteiger charge is -2.11. The summed E-state index contributed by atoms with van der Waals surface area (Å²) in [7, 11) is 0. The first kappa shape index (κ1) is 16.6. The third kappa shape index (κ3) is 4.10. The lowest BCUT2D eigenvalue weighted by atomic mass is 9.94. The smallest absolute Gasteiger partial charge is 0.312 e. The maximum atomic E-state index is 11.4. The van der Waals surface area contributed by atoms with Gasteiger partial charge in [0.05, 0.1) is 24.1 Å². The van der Waals surface area contributed by atoms with Crippen LogP contribution in [0.3, 0.4) is 0 Å². The lowest BCUT2D eigenvalue weighted by Crippen LogP contribution is -2.33. The number of ketones is 1. The Morgan fingerprint density at radius 3 is 2.61 bits per heavy atom. The Balaban J connectivity index is 2.04. The summed E-state index contributed by atoms with van der Waals surface area (Å²) in [5, 5.41) is 16.8. The molecule has 0 saturated carbocycles. The van der Waals surface area contributed by atoms with Crippen molar-refractivity contribution in [2.45, 2.75) is 12.8 Å². The first-order valence-electron chi connectivity index (χ1n) is 7.16. The minimum absolute atomic E-state index is 0.113. The molecule has 2 rings (SSSR count). The molecule has 23 heavy (non-hydrogen) atoms. The van der Waals surface area contributed by atoms with Crippen molar-refractivity contribution in [1.82, 2.24) is 9.97 Å². The van der Waals surface area contributed by atoms with Gasteiger partial charge >= 0.3 is 5.97 Å². The SMILES string of the molecule is N=C(C(=O)CN)C(CCc1ncc(-c2ccccc2)[nH]1)C(=O)O. The van der Waals surface area contributed by atoms with E-state index in [1.165, 1.54) is 0 Å². The molecular formula is C16H18N4O3. The highest BCUT2D eigenvalue weighted by Crippen LogP contribution is 2.18. The van der Waals surface area contributed by atoms with Gasteiger partial charge in [0, 0.05) is 6.42 Å². The van der Waals surface area contributed by atoms with Gasteiger partial charge in [0.1, 0.15) is 11.7 Å². The standard InChI is InChI=1S/C16H18N4O3/c17-8-13(21)15(18)11(16(22)23)6-7-14-19-9-12(20-14)10-4-2-1-3-5-10/h1-5,9,11,18H,6-8,17H2,(H,19,20)(H,22,23). The normalized spacial score (nSPS) is 11.9. The number of benzene rings is 1. The Morgan fingerprint density at radius 1 is 1.30 bits per heavy atom. The zero-order valence-corrected chi connectivity index (χ0v) is 12.5. The predicted octanol–water partition coefficient (Wildman–Crippen LogP) is 1.26. The number of hydrogen-bond donors (Lipinski definition) is 4. The molecule has 0 spiro atoms. The number of aromatic amines is 1. The Bertz CT molecular complexity index is 709. The molecule has 1 heterocycles. The van der Waals surface area contributed by atoms with E-state index in [9.17, 15) is 14.7 Å². The van der Waals surface area contributed by atoms with Crippen molar-refractivity contribution in [3.8, 4) is 11.3 Å². The highest BCUT2D eigenvalue weighted by molar-refractivity contribution is 6.42. The van der Waals surface area contributed by atoms with Crippen LogP contribution < -0.4 is 5.73 Å². The minimum atomic E-state index is -1.20. The number of hydrogen-bond acceptors (Lipinski definition) is 5. The van der Waals surface area contributed by atoms with Gasteiger partial charge in [0.2, 0.25) is 0 Å². The number of aryl methyl sites for hydroxylation is 1. The molecule has 7 heteroatoms. The molecule has 120 valence electrons. The van der Waals surface area contributed by atoms with Gasteiger partial charge in [-0.05, 0) is 12.0 Å². The number of nitrogens with one attached hydrogen (secondary N) is 2. The first-order chi connectivity index (χ1) is 11.0. The van der Waals surface area contributed by atoms with Gasteiger partial charge in [-0.15, -0.1) is 0 Å². The van der Waals surface area contributed by atoms with E-state index in [0.29, 0.717) is 12.2 Å². The van der Waals surface area contributed by atoms with Crippen molar-refractivity contribution in [3.05, 3.63) is 42.4 Å². The molecule has 1 unspecified atom stereocenters. The van der Waals surface area contributed by atoms with E-state index in [1.54, 1.807) is 6.20 Å². The van der Waals surface area contributed by atoms with Crippen LogP contribution >= 0.6 is 0 Å². The van der Waals surface area contributed by atoms with E-state index in [1.807, 2.05) is 30.3 Å². The summed E-state index contributed by atoms with van der Waals surface area (Å²) in [5.41, 5.74) is 6.53. The van der Waals surface area contributed by atoms with Crippen molar-refractivity contribution in [1.29, 1.82) is 5.41 Å². The third-order valence-electron chi connectivity index (χ3n) is 3.52. The molecule has 1 aromatic carbocycles. The molecule has 1 atom stereocenters. The fraction of sp³-hybridized carbons (Fsp3) is 0.250. The minimum Gasteiger partial charge on any atom is -0.481 e. The number of H-pyrrole nitrogens is 1. The molecule has 0 aliphatic carbocycles. The molecule has 0 aliphatic rings. The summed E-state index contributed by atoms with van der Waals surface area (Å²) in [6.07, 6.45) is 2.11. The van der Waals surface area contributed by atoms with Crippen LogP contribution in [-0.2, 0) is 16.0 Å². The number of carbonyl (C=O) groups excluding carboxylic acids is 1. The average Bonchev–Trinajstić information content (AvgIpc) is 3.03. The molecule has 0 aliphatic heterocycles. The molecule has 0 bridgehead atoms. The van der Waals surface area contributed by atoms with Crippen LogP contribution in [0.5, 0.6) is 0 Å². The first-order valence-corrected chi connectivity index (χ1v) is 7.16. The number of Topliss-reactive ketones (excluding diaryl/α,β-unsaturated/α-hetero) is 1. The van der Waals surface area contributed by atoms with Crippen molar-refractivity contribution >= 4 is 17.5 Å². The fourth-order valence-electron chi connectivity index (χ4n) is 2.23. The zero-order valence-electron chi connectivity index (χ0n) is 12.5. The number of rotatable bonds is 8. The second-order valence-electron chi connectivity index (χ2n) is 5.08. The molecule has 2 aromatic rings. The zero-order chi connectivity index (χ0) is 16.8. The lowest BCUT2D eigenvalue weighted by molar-refractivity contribution is -0.140. The molecule has 0 saturated heterocycles. The highest BCUT2D eigenvalue weighted by Gasteiger charge is 2.27. The van der Waals surface area contributed by atoms with Gasteiger partial charge in [0.25, 0.3) is 0 Å². The second kappa shape index (κ2) is 7.46. The fourth-order valence-corrected chi connectivity index (χ4v) is 2.23. The summed E-state index contributed by atoms with van der Waals surface area (Å²) in [6.45, 7) is -0.360. The molecule has 0 fully saturated rings. The molecule has 1 aromatic heterocycles. The van der Waals surface area contributed by atoms with E-state index in [2.05, 4.69) is 9.97 Å². The summed E-state index contributed by atoms with van der Waals surface area (Å²) in [5.74, 6) is -2.41. The van der Waals surface area contributed by atoms with Crippen LogP contribution in [0.4, 0.5) is 0 Å². The maximum absolute atomic E-state index is 11.4. The van der Waals surface area contributed by atoms with Crippen LogP contribution in [0, 0.1) is 11.3 Å². The van der Waals surface area contributed by atoms with Gasteiger partial charge in [0.15, 0.2) is 5.78 Å². The molecule has 0 amide bonds. The highest BCUT2D eigenvalue weighted by atomic mass is 16.4. The summed E-state index contributed by atoms with van der Waals surface area (Å²) in [6, 6.07) is 9.62. The number of nitrogens with two attached hydrogens (primary N) is 1. The number of aliphatic carboxylic acids is 1. The van der Waals surface area contributed by atoms with Gasteiger partial charge < -0.3 is 21.2 Å². The Hall–Kier alpha value is -2.80. The van der Waals surface area contributed by atoms with Crippen LogP contribution in [0.25, 0.3) is 11.3 Å². The number of carbonyl (C=O) groups is 2. The van der Waals surface area contributed by atoms with Crippen molar-refractivity contribution in [2.75, 3.05) is 6.54 Å². The molecule has 5 N–H and O–H groups in total. The third-order valence-corrected chi connectivity index (χ3v) is 3.52. The molecule has 0 radical (unpaired) electrons. The van der Waals surface area contributed by atoms with Crippen molar-refractivity contribution in [3.63, 3.8) is 0 Å². The quantitative estimate of drug-likeness (QED) is 0.544. The number of nitrogens with zero attached hydrogens (tertiary/aromatic N) is 1. The van der Waals surface area contributed by atoms with Gasteiger partial charge in [-0.3, -0.25) is 9.59 Å². The van der Waals surface area contributed by atoms with Crippen LogP contribution in [0.2, 0.25) is 0 Å². The van der Waals surface area contributed by atoms with E-state index >= 15 is 0 Å². The van der Waals surface area contributed by atoms with E-state index in [4.69, 9.17) is 11.1 Å². The van der Waals surface area contributed by atoms with Gasteiger partial charge in [-0.25, -0.2) is 4.98 Å². The van der Waals surface area contributed by atoms with E-state index in [0.717, 1.165) is 11.3 Å². The molecule has 7 nitrogen and oxygen atoms in total. The van der Waals surface area contributed by atoms with Crippen molar-refractivity contribution < 1.29 is 14.7 Å². The average molecular weight is 314 g/mol. The maximum Gasteiger partial charge on any atom is 0.312 e. The summed E-state index contributed by atoms with van der Waals surface area (Å²) in [4.78, 5) is 30.0. The van der Waals surface area contributed by atoms with Crippen LogP contribution in [0.15, 0.2) is 36.5 Å². The monoisotopic (exact) mass is 314 g/mol. The summed E-state index contributed by atoms with van der Waals surface area (Å²) >= 11 is 0. The Morgan fingerprint density at radius 2 is 2.00 bits per heavy atom. The number of carboxylic acids is 1. The van der Waals surface area contributed by atoms with Crippen LogP contribution in [0.1, 0.15) is 12.2 Å². The predicted molar refractivity (Wildman–Crippen MR) is 85.3 cm³/mol. The van der Waals surface area contributed by atoms with E-state index < -0.39 is 23.4 Å². The number of aromatic nitrogens is 2. The Kier molecular flexibility index (Phi) is 5.37. The van der Waals surface area contributed by atoms with E-state index in [-0.39, 0.29) is 13.0 Å². The largest absolute Gasteiger partial charge is 0.481 e. The summed E-state index contributed by atoms with van der Waals surface area (Å²) < 4.78 is 0. The van der Waals surface area contributed by atoms with Crippen LogP contribution in [-0.4, -0.2) is 39.1 Å². The number of imidazole rings is 1.